The molecule has 0 heterocycles. The molecule has 0 fully saturated rings. The third-order valence-electron chi connectivity index (χ3n) is 2.64. The molecule has 0 saturated carbocycles. The van der Waals surface area contributed by atoms with Crippen molar-refractivity contribution in [1.82, 2.24) is 0 Å². The van der Waals surface area contributed by atoms with Gasteiger partial charge in [0.05, 0.1) is 0 Å². The van der Waals surface area contributed by atoms with Crippen molar-refractivity contribution >= 4 is 11.7 Å². The lowest BCUT2D eigenvalue weighted by atomic mass is 10.3. The minimum atomic E-state index is -0.641. The van der Waals surface area contributed by atoms with Gasteiger partial charge < -0.3 is 14.8 Å². The zero-order valence-electron chi connectivity index (χ0n) is 12.4. The Morgan fingerprint density at radius 2 is 2.00 bits per heavy atom. The van der Waals surface area contributed by atoms with Gasteiger partial charge in [-0.05, 0) is 37.6 Å². The van der Waals surface area contributed by atoms with Crippen molar-refractivity contribution in [3.05, 3.63) is 36.4 Å². The molecule has 1 aromatic carbocycles. The summed E-state index contributed by atoms with van der Waals surface area (Å²) in [5, 5.41) is 3.32. The topological polar surface area (TPSA) is 47.6 Å². The van der Waals surface area contributed by atoms with Crippen LogP contribution in [0.1, 0.15) is 33.6 Å². The quantitative estimate of drug-likeness (QED) is 0.340. The molecule has 20 heavy (non-hydrogen) atoms. The van der Waals surface area contributed by atoms with Crippen LogP contribution < -0.4 is 10.1 Å². The number of hydrogen-bond donors (Lipinski definition) is 1. The van der Waals surface area contributed by atoms with Crippen molar-refractivity contribution in [2.24, 2.45) is 0 Å². The number of carbonyl (C=O) groups is 1. The van der Waals surface area contributed by atoms with Crippen LogP contribution in [-0.4, -0.2) is 18.8 Å². The SMILES string of the molecule is C=C(C)C(=O)OC(C)Oc1ccc(NCCCC)cc1. The van der Waals surface area contributed by atoms with Gasteiger partial charge in [0, 0.05) is 24.7 Å². The van der Waals surface area contributed by atoms with E-state index in [0.717, 1.165) is 18.7 Å². The number of hydrogen-bond acceptors (Lipinski definition) is 4. The summed E-state index contributed by atoms with van der Waals surface area (Å²) in [5.41, 5.74) is 1.41. The van der Waals surface area contributed by atoms with Crippen molar-refractivity contribution in [2.75, 3.05) is 11.9 Å². The van der Waals surface area contributed by atoms with Gasteiger partial charge in [0.25, 0.3) is 0 Å². The van der Waals surface area contributed by atoms with Gasteiger partial charge in [-0.15, -0.1) is 0 Å². The average molecular weight is 277 g/mol. The number of esters is 1. The van der Waals surface area contributed by atoms with Crippen LogP contribution in [0.25, 0.3) is 0 Å². The Hall–Kier alpha value is -1.97. The summed E-state index contributed by atoms with van der Waals surface area (Å²) in [6.07, 6.45) is 1.67. The highest BCUT2D eigenvalue weighted by Gasteiger charge is 2.10. The van der Waals surface area contributed by atoms with Crippen LogP contribution in [-0.2, 0) is 9.53 Å². The maximum Gasteiger partial charge on any atom is 0.336 e. The first kappa shape index (κ1) is 16.1. The molecular weight excluding hydrogens is 254 g/mol. The van der Waals surface area contributed by atoms with Crippen LogP contribution >= 0.6 is 0 Å². The first-order valence-corrected chi connectivity index (χ1v) is 6.90. The van der Waals surface area contributed by atoms with Crippen LogP contribution in [0, 0.1) is 0 Å². The third-order valence-corrected chi connectivity index (χ3v) is 2.64. The van der Waals surface area contributed by atoms with Gasteiger partial charge in [0.15, 0.2) is 0 Å². The monoisotopic (exact) mass is 277 g/mol. The summed E-state index contributed by atoms with van der Waals surface area (Å²) >= 11 is 0. The molecule has 0 bridgehead atoms. The van der Waals surface area contributed by atoms with E-state index in [9.17, 15) is 4.79 Å². The molecule has 1 aromatic rings. The molecule has 0 aliphatic rings. The summed E-state index contributed by atoms with van der Waals surface area (Å²) < 4.78 is 10.6. The van der Waals surface area contributed by atoms with Crippen molar-refractivity contribution < 1.29 is 14.3 Å². The fourth-order valence-electron chi connectivity index (χ4n) is 1.53. The summed E-state index contributed by atoms with van der Waals surface area (Å²) in [4.78, 5) is 11.3. The summed E-state index contributed by atoms with van der Waals surface area (Å²) in [6.45, 7) is 9.92. The van der Waals surface area contributed by atoms with Gasteiger partial charge in [-0.2, -0.15) is 0 Å². The van der Waals surface area contributed by atoms with E-state index < -0.39 is 12.3 Å². The molecule has 0 amide bonds. The molecule has 1 N–H and O–H groups in total. The van der Waals surface area contributed by atoms with Crippen LogP contribution in [0.4, 0.5) is 5.69 Å². The number of nitrogens with one attached hydrogen (secondary N) is 1. The van der Waals surface area contributed by atoms with E-state index in [0.29, 0.717) is 11.3 Å². The summed E-state index contributed by atoms with van der Waals surface area (Å²) in [7, 11) is 0. The maximum atomic E-state index is 11.3. The minimum absolute atomic E-state index is 0.357. The second kappa shape index (κ2) is 8.25. The first-order chi connectivity index (χ1) is 9.52. The van der Waals surface area contributed by atoms with Crippen molar-refractivity contribution in [2.45, 2.75) is 39.9 Å². The normalized spacial score (nSPS) is 11.6. The molecule has 1 rings (SSSR count). The second-order valence-electron chi connectivity index (χ2n) is 4.68. The van der Waals surface area contributed by atoms with Crippen LogP contribution in [0.3, 0.4) is 0 Å². The molecule has 0 spiro atoms. The van der Waals surface area contributed by atoms with Gasteiger partial charge in [-0.25, -0.2) is 4.79 Å². The van der Waals surface area contributed by atoms with E-state index in [1.807, 2.05) is 24.3 Å². The lowest BCUT2D eigenvalue weighted by Gasteiger charge is -2.15. The zero-order chi connectivity index (χ0) is 15.0. The number of rotatable bonds is 8. The van der Waals surface area contributed by atoms with Gasteiger partial charge in [-0.1, -0.05) is 19.9 Å². The fraction of sp³-hybridized carbons (Fsp3) is 0.438. The van der Waals surface area contributed by atoms with Crippen LogP contribution in [0.2, 0.25) is 0 Å². The molecule has 1 atom stereocenters. The standard InChI is InChI=1S/C16H23NO3/c1-5-6-11-17-14-7-9-15(10-8-14)19-13(4)20-16(18)12(2)3/h7-10,13,17H,2,5-6,11H2,1,3-4H3. The third kappa shape index (κ3) is 5.78. The average Bonchev–Trinajstić information content (AvgIpc) is 2.40. The van der Waals surface area contributed by atoms with Gasteiger partial charge in [-0.3, -0.25) is 0 Å². The summed E-state index contributed by atoms with van der Waals surface area (Å²) in [6, 6.07) is 7.58. The highest BCUT2D eigenvalue weighted by molar-refractivity contribution is 5.87. The van der Waals surface area contributed by atoms with Crippen LogP contribution in [0.15, 0.2) is 36.4 Å². The maximum absolute atomic E-state index is 11.3. The largest absolute Gasteiger partial charge is 0.455 e. The Balaban J connectivity index is 2.44. The first-order valence-electron chi connectivity index (χ1n) is 6.90. The van der Waals surface area contributed by atoms with Crippen molar-refractivity contribution in [1.29, 1.82) is 0 Å². The van der Waals surface area contributed by atoms with Crippen LogP contribution in [0.5, 0.6) is 5.75 Å². The Kier molecular flexibility index (Phi) is 6.64. The molecule has 1 unspecified atom stereocenters. The Labute approximate surface area is 120 Å². The minimum Gasteiger partial charge on any atom is -0.455 e. The van der Waals surface area contributed by atoms with E-state index in [-0.39, 0.29) is 0 Å². The number of anilines is 1. The molecule has 0 radical (unpaired) electrons. The molecule has 4 nitrogen and oxygen atoms in total. The molecule has 0 aliphatic carbocycles. The Morgan fingerprint density at radius 1 is 1.35 bits per heavy atom. The van der Waals surface area contributed by atoms with Crippen molar-refractivity contribution in [3.8, 4) is 5.75 Å². The van der Waals surface area contributed by atoms with E-state index in [2.05, 4.69) is 18.8 Å². The van der Waals surface area contributed by atoms with Gasteiger partial charge >= 0.3 is 5.97 Å². The van der Waals surface area contributed by atoms with E-state index in [1.54, 1.807) is 13.8 Å². The van der Waals surface area contributed by atoms with Crippen molar-refractivity contribution in [3.63, 3.8) is 0 Å². The second-order valence-corrected chi connectivity index (χ2v) is 4.68. The predicted octanol–water partition coefficient (Wildman–Crippen LogP) is 3.74. The molecular formula is C16H23NO3. The zero-order valence-corrected chi connectivity index (χ0v) is 12.4. The molecule has 0 saturated heterocycles. The molecule has 110 valence electrons. The molecule has 0 aliphatic heterocycles. The van der Waals surface area contributed by atoms with E-state index in [1.165, 1.54) is 6.42 Å². The van der Waals surface area contributed by atoms with E-state index >= 15 is 0 Å². The number of ether oxygens (including phenoxy) is 2. The summed E-state index contributed by atoms with van der Waals surface area (Å²) in [5.74, 6) is 0.211. The Morgan fingerprint density at radius 3 is 2.55 bits per heavy atom. The number of benzene rings is 1. The smallest absolute Gasteiger partial charge is 0.336 e. The van der Waals surface area contributed by atoms with Gasteiger partial charge in [0.1, 0.15) is 5.75 Å². The molecule has 4 heteroatoms. The number of carbonyl (C=O) groups excluding carboxylic acids is 1. The highest BCUT2D eigenvalue weighted by Crippen LogP contribution is 2.17. The Bertz CT molecular complexity index is 440. The lowest BCUT2D eigenvalue weighted by molar-refractivity contribution is -0.156. The lowest BCUT2D eigenvalue weighted by Crippen LogP contribution is -2.21. The number of unbranched alkanes of at least 4 members (excludes halogenated alkanes) is 1. The molecule has 0 aromatic heterocycles. The fourth-order valence-corrected chi connectivity index (χ4v) is 1.53. The predicted molar refractivity (Wildman–Crippen MR) is 80.8 cm³/mol. The van der Waals surface area contributed by atoms with Gasteiger partial charge in [0.2, 0.25) is 6.29 Å². The van der Waals surface area contributed by atoms with E-state index in [4.69, 9.17) is 9.47 Å². The highest BCUT2D eigenvalue weighted by atomic mass is 16.7.